The molecule has 0 fully saturated rings. The van der Waals surface area contributed by atoms with E-state index < -0.39 is 0 Å². The van der Waals surface area contributed by atoms with Gasteiger partial charge in [-0.1, -0.05) is 30.3 Å². The first-order valence-electron chi connectivity index (χ1n) is 10.7. The number of nitrogens with zero attached hydrogens (tertiary/aromatic N) is 4. The van der Waals surface area contributed by atoms with Crippen molar-refractivity contribution in [1.29, 1.82) is 0 Å². The third-order valence-electron chi connectivity index (χ3n) is 5.69. The standard InChI is InChI=1S/C26H26N4O2/c1-19-13-27-11-10-22(19)15-29(2)16-23-17-30(14-20-6-4-3-5-7-20)28-26(23)21-8-9-24-25(12-21)32-18-31-24/h3-13,17H,14-16,18H2,1-2H3. The molecule has 4 aromatic rings. The fourth-order valence-corrected chi connectivity index (χ4v) is 4.03. The Morgan fingerprint density at radius 3 is 2.62 bits per heavy atom. The van der Waals surface area contributed by atoms with Crippen LogP contribution in [0, 0.1) is 6.92 Å². The van der Waals surface area contributed by atoms with Crippen molar-refractivity contribution in [3.63, 3.8) is 0 Å². The lowest BCUT2D eigenvalue weighted by Gasteiger charge is -2.18. The predicted octanol–water partition coefficient (Wildman–Crippen LogP) is 4.66. The van der Waals surface area contributed by atoms with E-state index in [1.807, 2.05) is 35.3 Å². The molecule has 0 spiro atoms. The van der Waals surface area contributed by atoms with Crippen LogP contribution in [-0.2, 0) is 19.6 Å². The summed E-state index contributed by atoms with van der Waals surface area (Å²) in [5, 5.41) is 4.96. The first-order chi connectivity index (χ1) is 15.7. The second kappa shape index (κ2) is 8.85. The Balaban J connectivity index is 1.44. The van der Waals surface area contributed by atoms with Gasteiger partial charge in [0.05, 0.1) is 12.2 Å². The third-order valence-corrected chi connectivity index (χ3v) is 5.69. The lowest BCUT2D eigenvalue weighted by molar-refractivity contribution is 0.174. The van der Waals surface area contributed by atoms with E-state index in [1.165, 1.54) is 22.3 Å². The lowest BCUT2D eigenvalue weighted by Crippen LogP contribution is -2.18. The van der Waals surface area contributed by atoms with Crippen molar-refractivity contribution in [1.82, 2.24) is 19.7 Å². The van der Waals surface area contributed by atoms with Gasteiger partial charge in [-0.3, -0.25) is 14.6 Å². The summed E-state index contributed by atoms with van der Waals surface area (Å²) in [6.45, 7) is 4.72. The van der Waals surface area contributed by atoms with Crippen molar-refractivity contribution in [2.75, 3.05) is 13.8 Å². The minimum Gasteiger partial charge on any atom is -0.454 e. The third kappa shape index (κ3) is 4.36. The Morgan fingerprint density at radius 1 is 0.969 bits per heavy atom. The van der Waals surface area contributed by atoms with E-state index in [0.717, 1.165) is 42.4 Å². The van der Waals surface area contributed by atoms with Crippen molar-refractivity contribution in [2.45, 2.75) is 26.6 Å². The van der Waals surface area contributed by atoms with E-state index in [0.29, 0.717) is 0 Å². The summed E-state index contributed by atoms with van der Waals surface area (Å²) >= 11 is 0. The zero-order valence-corrected chi connectivity index (χ0v) is 18.4. The van der Waals surface area contributed by atoms with Gasteiger partial charge in [0.15, 0.2) is 11.5 Å². The first-order valence-corrected chi connectivity index (χ1v) is 10.7. The van der Waals surface area contributed by atoms with Crippen molar-refractivity contribution in [2.24, 2.45) is 0 Å². The normalized spacial score (nSPS) is 12.5. The molecule has 1 aliphatic heterocycles. The molecular weight excluding hydrogens is 400 g/mol. The number of fused-ring (bicyclic) bond motifs is 1. The van der Waals surface area contributed by atoms with Gasteiger partial charge in [0.25, 0.3) is 0 Å². The SMILES string of the molecule is Cc1cnccc1CN(C)Cc1cn(Cc2ccccc2)nc1-c1ccc2c(c1)OCO2. The summed E-state index contributed by atoms with van der Waals surface area (Å²) in [5.41, 5.74) is 6.88. The van der Waals surface area contributed by atoms with Gasteiger partial charge in [-0.2, -0.15) is 5.10 Å². The number of rotatable bonds is 7. The average Bonchev–Trinajstić information content (AvgIpc) is 3.42. The molecule has 0 atom stereocenters. The molecule has 162 valence electrons. The van der Waals surface area contributed by atoms with Crippen LogP contribution in [-0.4, -0.2) is 33.5 Å². The van der Waals surface area contributed by atoms with Crippen molar-refractivity contribution < 1.29 is 9.47 Å². The van der Waals surface area contributed by atoms with Crippen LogP contribution in [0.25, 0.3) is 11.3 Å². The molecule has 5 rings (SSSR count). The van der Waals surface area contributed by atoms with E-state index in [4.69, 9.17) is 14.6 Å². The second-order valence-electron chi connectivity index (χ2n) is 8.23. The van der Waals surface area contributed by atoms with Gasteiger partial charge >= 0.3 is 0 Å². The highest BCUT2D eigenvalue weighted by Crippen LogP contribution is 2.36. The number of aromatic nitrogens is 3. The number of aryl methyl sites for hydroxylation is 1. The first kappa shape index (κ1) is 20.3. The summed E-state index contributed by atoms with van der Waals surface area (Å²) in [4.78, 5) is 6.52. The van der Waals surface area contributed by atoms with Crippen LogP contribution < -0.4 is 9.47 Å². The molecule has 0 bridgehead atoms. The Kier molecular flexibility index (Phi) is 5.60. The maximum absolute atomic E-state index is 5.60. The van der Waals surface area contributed by atoms with Crippen LogP contribution in [0.2, 0.25) is 0 Å². The highest BCUT2D eigenvalue weighted by Gasteiger charge is 2.19. The number of hydrogen-bond donors (Lipinski definition) is 0. The topological polar surface area (TPSA) is 52.4 Å². The summed E-state index contributed by atoms with van der Waals surface area (Å²) in [5.74, 6) is 1.55. The van der Waals surface area contributed by atoms with Gasteiger partial charge < -0.3 is 9.47 Å². The fourth-order valence-electron chi connectivity index (χ4n) is 4.03. The van der Waals surface area contributed by atoms with Crippen LogP contribution in [0.1, 0.15) is 22.3 Å². The second-order valence-corrected chi connectivity index (χ2v) is 8.23. The van der Waals surface area contributed by atoms with Gasteiger partial charge in [0.2, 0.25) is 6.79 Å². The minimum atomic E-state index is 0.266. The molecule has 0 aliphatic carbocycles. The van der Waals surface area contributed by atoms with Gasteiger partial charge in [-0.25, -0.2) is 0 Å². The fraction of sp³-hybridized carbons (Fsp3) is 0.231. The van der Waals surface area contributed by atoms with Crippen molar-refractivity contribution in [3.05, 3.63) is 95.4 Å². The van der Waals surface area contributed by atoms with Crippen LogP contribution in [0.3, 0.4) is 0 Å². The van der Waals surface area contributed by atoms with Crippen LogP contribution in [0.4, 0.5) is 0 Å². The maximum atomic E-state index is 5.60. The van der Waals surface area contributed by atoms with Gasteiger partial charge in [0, 0.05) is 42.8 Å². The molecule has 0 unspecified atom stereocenters. The zero-order chi connectivity index (χ0) is 21.9. The molecule has 0 radical (unpaired) electrons. The summed E-state index contributed by atoms with van der Waals surface area (Å²) in [7, 11) is 2.14. The summed E-state index contributed by atoms with van der Waals surface area (Å²) in [6, 6.07) is 18.5. The Bertz CT molecular complexity index is 1220. The minimum absolute atomic E-state index is 0.266. The largest absolute Gasteiger partial charge is 0.454 e. The molecular formula is C26H26N4O2. The van der Waals surface area contributed by atoms with E-state index in [1.54, 1.807) is 0 Å². The quantitative estimate of drug-likeness (QED) is 0.430. The molecule has 6 nitrogen and oxygen atoms in total. The lowest BCUT2D eigenvalue weighted by atomic mass is 10.1. The average molecular weight is 427 g/mol. The Morgan fingerprint density at radius 2 is 1.78 bits per heavy atom. The number of ether oxygens (including phenoxy) is 2. The van der Waals surface area contributed by atoms with E-state index in [-0.39, 0.29) is 6.79 Å². The molecule has 0 saturated carbocycles. The highest BCUT2D eigenvalue weighted by molar-refractivity contribution is 5.67. The molecule has 0 amide bonds. The molecule has 32 heavy (non-hydrogen) atoms. The summed E-state index contributed by atoms with van der Waals surface area (Å²) < 4.78 is 13.1. The Labute approximate surface area is 188 Å². The predicted molar refractivity (Wildman–Crippen MR) is 123 cm³/mol. The van der Waals surface area contributed by atoms with Crippen LogP contribution in [0.15, 0.2) is 73.2 Å². The van der Waals surface area contributed by atoms with Gasteiger partial charge in [0.1, 0.15) is 0 Å². The maximum Gasteiger partial charge on any atom is 0.231 e. The van der Waals surface area contributed by atoms with Crippen molar-refractivity contribution in [3.8, 4) is 22.8 Å². The monoisotopic (exact) mass is 426 g/mol. The smallest absolute Gasteiger partial charge is 0.231 e. The Hall–Kier alpha value is -3.64. The molecule has 1 aliphatic rings. The van der Waals surface area contributed by atoms with Gasteiger partial charge in [-0.15, -0.1) is 0 Å². The van der Waals surface area contributed by atoms with Crippen LogP contribution >= 0.6 is 0 Å². The molecule has 2 aromatic carbocycles. The molecule has 0 N–H and O–H groups in total. The van der Waals surface area contributed by atoms with Crippen molar-refractivity contribution >= 4 is 0 Å². The summed E-state index contributed by atoms with van der Waals surface area (Å²) in [6.07, 6.45) is 5.92. The van der Waals surface area contributed by atoms with E-state index >= 15 is 0 Å². The van der Waals surface area contributed by atoms with Crippen LogP contribution in [0.5, 0.6) is 11.5 Å². The molecule has 0 saturated heterocycles. The zero-order valence-electron chi connectivity index (χ0n) is 18.4. The van der Waals surface area contributed by atoms with E-state index in [2.05, 4.69) is 66.5 Å². The van der Waals surface area contributed by atoms with Gasteiger partial charge in [-0.05, 0) is 54.9 Å². The highest BCUT2D eigenvalue weighted by atomic mass is 16.7. The number of pyridine rings is 1. The molecule has 2 aromatic heterocycles. The molecule has 3 heterocycles. The van der Waals surface area contributed by atoms with E-state index in [9.17, 15) is 0 Å². The molecule has 6 heteroatoms. The number of hydrogen-bond acceptors (Lipinski definition) is 5. The number of benzene rings is 2.